The quantitative estimate of drug-likeness (QED) is 0.213. The summed E-state index contributed by atoms with van der Waals surface area (Å²) >= 11 is 0. The van der Waals surface area contributed by atoms with Crippen LogP contribution in [0.25, 0.3) is 0 Å². The fourth-order valence-electron chi connectivity index (χ4n) is 1.47. The van der Waals surface area contributed by atoms with Crippen LogP contribution in [0.2, 0.25) is 0 Å². The van der Waals surface area contributed by atoms with Crippen molar-refractivity contribution >= 4 is 15.9 Å². The molecule has 0 aromatic rings. The highest BCUT2D eigenvalue weighted by Gasteiger charge is 2.65. The Kier molecular flexibility index (Phi) is 8.16. The lowest BCUT2D eigenvalue weighted by atomic mass is 10.2. The summed E-state index contributed by atoms with van der Waals surface area (Å²) in [6, 6.07) is 0. The van der Waals surface area contributed by atoms with E-state index in [9.17, 15) is 0 Å². The largest absolute Gasteiger partial charge is 0.461 e. The van der Waals surface area contributed by atoms with Crippen LogP contribution >= 0.6 is 15.9 Å². The smallest absolute Gasteiger partial charge is 0.339 e. The molecule has 0 radical (unpaired) electrons. The van der Waals surface area contributed by atoms with E-state index in [1.54, 1.807) is 5.32 Å². The van der Waals surface area contributed by atoms with E-state index in [0.717, 1.165) is 25.7 Å². The van der Waals surface area contributed by atoms with E-state index in [1.165, 1.54) is 0 Å². The minimum absolute atomic E-state index is 0.124. The number of nitrogens with two attached hydrogens (primary N) is 1. The average molecular weight is 292 g/mol. The lowest BCUT2D eigenvalue weighted by Gasteiger charge is -2.15. The molecule has 0 aromatic carbocycles. The maximum absolute atomic E-state index is 9.00. The maximum atomic E-state index is 9.00. The molecule has 0 heterocycles. The van der Waals surface area contributed by atoms with Crippen LogP contribution in [0, 0.1) is 0 Å². The molecule has 0 saturated heterocycles. The third kappa shape index (κ3) is 8.32. The van der Waals surface area contributed by atoms with E-state index in [4.69, 9.17) is 29.4 Å². The highest BCUT2D eigenvalue weighted by molar-refractivity contribution is 7.77. The molecule has 0 unspecified atom stereocenters. The molecule has 9 heteroatoms. The molecule has 17 heavy (non-hydrogen) atoms. The maximum Gasteiger partial charge on any atom is 0.461 e. The summed E-state index contributed by atoms with van der Waals surface area (Å²) in [4.78, 5) is 54.0. The van der Waals surface area contributed by atoms with Gasteiger partial charge in [0.15, 0.2) is 6.54 Å². The van der Waals surface area contributed by atoms with E-state index in [2.05, 4.69) is 6.92 Å². The molecule has 0 aliphatic carbocycles. The van der Waals surface area contributed by atoms with Crippen LogP contribution in [-0.2, 0) is 0 Å². The van der Waals surface area contributed by atoms with Crippen LogP contribution in [-0.4, -0.2) is 47.9 Å². The number of hydrogen-bond donors (Lipinski definition) is 7. The zero-order valence-electron chi connectivity index (χ0n) is 9.98. The first-order valence-corrected chi connectivity index (χ1v) is 9.08. The lowest BCUT2D eigenvalue weighted by molar-refractivity contribution is -0.653. The second-order valence-electron chi connectivity index (χ2n) is 4.08. The molecule has 7 nitrogen and oxygen atoms in total. The van der Waals surface area contributed by atoms with Crippen molar-refractivity contribution in [3.63, 3.8) is 0 Å². The molecule has 0 spiro atoms. The van der Waals surface area contributed by atoms with Gasteiger partial charge in [0.05, 0.1) is 6.54 Å². The van der Waals surface area contributed by atoms with Gasteiger partial charge >= 0.3 is 21.3 Å². The second kappa shape index (κ2) is 7.89. The van der Waals surface area contributed by atoms with Crippen molar-refractivity contribution in [1.29, 1.82) is 0 Å². The molecule has 8 N–H and O–H groups in total. The van der Waals surface area contributed by atoms with E-state index < -0.39 is 21.3 Å². The molecule has 0 aliphatic heterocycles. The standard InChI is InChI=1S/C8H23NO6P2/c1-2-3-4-5-6-9-7-8(16(10,11)12)17(13,14)15/h8-15H,2-7H2,1H3/q+2/p+1. The third-order valence-corrected chi connectivity index (χ3v) is 6.32. The summed E-state index contributed by atoms with van der Waals surface area (Å²) in [6.45, 7) is 2.64. The van der Waals surface area contributed by atoms with Crippen molar-refractivity contribution in [1.82, 2.24) is 0 Å². The predicted octanol–water partition coefficient (Wildman–Crippen LogP) is -1.06. The first-order chi connectivity index (χ1) is 7.69. The van der Waals surface area contributed by atoms with Gasteiger partial charge in [-0.3, -0.25) is 0 Å². The number of quaternary nitrogens is 1. The fourth-order valence-corrected chi connectivity index (χ4v) is 4.00. The molecule has 0 bridgehead atoms. The molecule has 0 aromatic heterocycles. The van der Waals surface area contributed by atoms with Gasteiger partial charge in [0.25, 0.3) is 0 Å². The van der Waals surface area contributed by atoms with E-state index in [1.807, 2.05) is 0 Å². The summed E-state index contributed by atoms with van der Waals surface area (Å²) in [5, 5.41) is -0.0315. The highest BCUT2D eigenvalue weighted by Crippen LogP contribution is 2.68. The molecule has 0 amide bonds. The van der Waals surface area contributed by atoms with Crippen LogP contribution in [0.4, 0.5) is 0 Å². The van der Waals surface area contributed by atoms with Crippen molar-refractivity contribution < 1.29 is 34.7 Å². The SMILES string of the molecule is CCCCCC[NH2+]CC([P+](O)(O)O)[P+](O)(O)O. The minimum atomic E-state index is -4.44. The second-order valence-corrected chi connectivity index (χ2v) is 8.20. The van der Waals surface area contributed by atoms with E-state index >= 15 is 0 Å². The van der Waals surface area contributed by atoms with E-state index in [0.29, 0.717) is 6.54 Å². The van der Waals surface area contributed by atoms with Crippen LogP contribution in [0.5, 0.6) is 0 Å². The van der Waals surface area contributed by atoms with Gasteiger partial charge in [-0.25, -0.2) is 0 Å². The van der Waals surface area contributed by atoms with Crippen molar-refractivity contribution in [2.24, 2.45) is 0 Å². The summed E-state index contributed by atoms with van der Waals surface area (Å²) in [5.74, 6) is 0. The Hall–Kier alpha value is 0.580. The molecular formula is C8H24NO6P2+3. The fraction of sp³-hybridized carbons (Fsp3) is 1.00. The minimum Gasteiger partial charge on any atom is -0.339 e. The van der Waals surface area contributed by atoms with Crippen LogP contribution in [0.15, 0.2) is 0 Å². The van der Waals surface area contributed by atoms with Gasteiger partial charge in [0.1, 0.15) is 0 Å². The topological polar surface area (TPSA) is 138 Å². The normalized spacial score (nSPS) is 13.4. The first kappa shape index (κ1) is 17.6. The molecule has 0 atom stereocenters. The highest BCUT2D eigenvalue weighted by atomic mass is 31.3. The Morgan fingerprint density at radius 1 is 0.882 bits per heavy atom. The predicted molar refractivity (Wildman–Crippen MR) is 66.7 cm³/mol. The van der Waals surface area contributed by atoms with Crippen molar-refractivity contribution in [2.45, 2.75) is 38.0 Å². The van der Waals surface area contributed by atoms with Gasteiger partial charge in [-0.15, -0.1) is 0 Å². The first-order valence-electron chi connectivity index (χ1n) is 5.65. The summed E-state index contributed by atoms with van der Waals surface area (Å²) < 4.78 is 0. The Morgan fingerprint density at radius 2 is 1.41 bits per heavy atom. The number of rotatable bonds is 9. The number of unbranched alkanes of at least 4 members (excludes halogenated alkanes) is 3. The molecule has 0 saturated carbocycles. The Balaban J connectivity index is 3.95. The van der Waals surface area contributed by atoms with Crippen molar-refractivity contribution in [3.05, 3.63) is 0 Å². The summed E-state index contributed by atoms with van der Waals surface area (Å²) in [7, 11) is -8.88. The third-order valence-electron chi connectivity index (χ3n) is 2.44. The van der Waals surface area contributed by atoms with Gasteiger partial charge in [0, 0.05) is 0 Å². The molecular weight excluding hydrogens is 268 g/mol. The lowest BCUT2D eigenvalue weighted by Crippen LogP contribution is -2.86. The zero-order chi connectivity index (χ0) is 13.5. The Morgan fingerprint density at radius 3 is 1.82 bits per heavy atom. The van der Waals surface area contributed by atoms with E-state index in [-0.39, 0.29) is 6.54 Å². The molecule has 104 valence electrons. The van der Waals surface area contributed by atoms with Gasteiger partial charge in [-0.2, -0.15) is 29.4 Å². The van der Waals surface area contributed by atoms with Crippen molar-refractivity contribution in [3.8, 4) is 0 Å². The summed E-state index contributed by atoms with van der Waals surface area (Å²) in [6.07, 6.45) is 4.19. The molecule has 0 aliphatic rings. The summed E-state index contributed by atoms with van der Waals surface area (Å²) in [5.41, 5.74) is 0. The Labute approximate surface area is 102 Å². The van der Waals surface area contributed by atoms with Gasteiger partial charge in [0.2, 0.25) is 0 Å². The molecule has 0 rings (SSSR count). The van der Waals surface area contributed by atoms with Gasteiger partial charge < -0.3 is 5.32 Å². The molecule has 0 fully saturated rings. The van der Waals surface area contributed by atoms with Crippen LogP contribution in [0.3, 0.4) is 0 Å². The van der Waals surface area contributed by atoms with Gasteiger partial charge in [-0.05, 0) is 12.8 Å². The number of hydrogen-bond acceptors (Lipinski definition) is 6. The zero-order valence-corrected chi connectivity index (χ0v) is 11.8. The average Bonchev–Trinajstić information content (AvgIpc) is 2.12. The van der Waals surface area contributed by atoms with Crippen LogP contribution < -0.4 is 5.32 Å². The van der Waals surface area contributed by atoms with Crippen LogP contribution in [0.1, 0.15) is 32.6 Å². The monoisotopic (exact) mass is 292 g/mol. The Bertz CT molecular complexity index is 191. The van der Waals surface area contributed by atoms with Crippen molar-refractivity contribution in [2.75, 3.05) is 13.1 Å². The van der Waals surface area contributed by atoms with Gasteiger partial charge in [-0.1, -0.05) is 19.8 Å².